The minimum absolute atomic E-state index is 0.0433. The fourth-order valence-electron chi connectivity index (χ4n) is 3.59. The average Bonchev–Trinajstić information content (AvgIpc) is 3.37. The summed E-state index contributed by atoms with van der Waals surface area (Å²) in [6, 6.07) is -0.599. The zero-order chi connectivity index (χ0) is 23.1. The van der Waals surface area contributed by atoms with E-state index < -0.39 is 36.7 Å². The summed E-state index contributed by atoms with van der Waals surface area (Å²) in [6.45, 7) is -0.154. The molecule has 32 heavy (non-hydrogen) atoms. The first-order chi connectivity index (χ1) is 15.4. The van der Waals surface area contributed by atoms with Crippen LogP contribution >= 0.6 is 0 Å². The van der Waals surface area contributed by atoms with Crippen molar-refractivity contribution in [1.82, 2.24) is 15.0 Å². The van der Waals surface area contributed by atoms with Gasteiger partial charge in [0.1, 0.15) is 24.2 Å². The topological polar surface area (TPSA) is 149 Å². The number of hydrogen-bond acceptors (Lipinski definition) is 7. The molecule has 0 bridgehead atoms. The standard InChI is InChI=1S/C20H26F2N6O4/c21-13-4-3-12(8-14(13)22)2-1-5-24-20(25-11-23)15-10-28(27-26-15)16-9-17(32-7-6-29)19(31)18(16)30/h3-5,8,10-11,13-14,16-19,23,29-31H,1-2,6-7,9H2/t13-,14?,16+,17-,18-,19+/m0/s1. The number of amidine groups is 1. The van der Waals surface area contributed by atoms with Crippen molar-refractivity contribution in [3.63, 3.8) is 0 Å². The van der Waals surface area contributed by atoms with Gasteiger partial charge >= 0.3 is 0 Å². The third-order valence-electron chi connectivity index (χ3n) is 5.24. The Morgan fingerprint density at radius 1 is 1.31 bits per heavy atom. The highest BCUT2D eigenvalue weighted by molar-refractivity contribution is 6.04. The van der Waals surface area contributed by atoms with E-state index in [4.69, 9.17) is 15.3 Å². The molecule has 1 saturated carbocycles. The van der Waals surface area contributed by atoms with Crippen LogP contribution in [0.1, 0.15) is 31.0 Å². The van der Waals surface area contributed by atoms with Gasteiger partial charge in [-0.25, -0.2) is 23.4 Å². The number of nitrogens with one attached hydrogen (secondary N) is 1. The van der Waals surface area contributed by atoms with E-state index in [2.05, 4.69) is 20.3 Å². The molecule has 1 fully saturated rings. The Morgan fingerprint density at radius 2 is 2.12 bits per heavy atom. The summed E-state index contributed by atoms with van der Waals surface area (Å²) in [7, 11) is 0. The molecule has 6 atom stereocenters. The SMILES string of the molecule is N=CN=C(N=CCCC1=CC(F)[C@@H](F)C=C1)c1cn([C@@H]2C[C@H](OCCO)[C@@H](O)[C@H]2O)nn1. The molecule has 0 spiro atoms. The van der Waals surface area contributed by atoms with Crippen molar-refractivity contribution in [3.05, 3.63) is 35.7 Å². The van der Waals surface area contributed by atoms with Crippen LogP contribution in [0.5, 0.6) is 0 Å². The molecule has 4 N–H and O–H groups in total. The summed E-state index contributed by atoms with van der Waals surface area (Å²) in [5.41, 5.74) is 0.924. The second-order valence-electron chi connectivity index (χ2n) is 7.42. The Bertz CT molecular complexity index is 902. The number of alkyl halides is 2. The van der Waals surface area contributed by atoms with Gasteiger partial charge in [-0.3, -0.25) is 5.41 Å². The number of nitrogens with zero attached hydrogens (tertiary/aromatic N) is 5. The van der Waals surface area contributed by atoms with Crippen molar-refractivity contribution in [3.8, 4) is 0 Å². The van der Waals surface area contributed by atoms with Crippen molar-refractivity contribution in [2.45, 2.75) is 56.0 Å². The highest BCUT2D eigenvalue weighted by Gasteiger charge is 2.43. The highest BCUT2D eigenvalue weighted by atomic mass is 19.2. The molecule has 12 heteroatoms. The van der Waals surface area contributed by atoms with E-state index in [-0.39, 0.29) is 31.2 Å². The Kier molecular flexibility index (Phi) is 8.45. The smallest absolute Gasteiger partial charge is 0.182 e. The fourth-order valence-corrected chi connectivity index (χ4v) is 3.59. The zero-order valence-electron chi connectivity index (χ0n) is 17.2. The van der Waals surface area contributed by atoms with E-state index in [1.165, 1.54) is 29.2 Å². The lowest BCUT2D eigenvalue weighted by Crippen LogP contribution is -2.33. The van der Waals surface area contributed by atoms with Gasteiger partial charge in [-0.1, -0.05) is 11.3 Å². The highest BCUT2D eigenvalue weighted by Crippen LogP contribution is 2.32. The molecule has 0 amide bonds. The Balaban J connectivity index is 1.63. The van der Waals surface area contributed by atoms with Crippen molar-refractivity contribution >= 4 is 18.4 Å². The minimum atomic E-state index is -1.64. The van der Waals surface area contributed by atoms with Crippen LogP contribution in [0.3, 0.4) is 0 Å². The lowest BCUT2D eigenvalue weighted by Gasteiger charge is -2.16. The van der Waals surface area contributed by atoms with E-state index in [0.717, 1.165) is 6.34 Å². The fraction of sp³-hybridized carbons (Fsp3) is 0.550. The molecule has 0 saturated heterocycles. The average molecular weight is 452 g/mol. The first kappa shape index (κ1) is 24.0. The van der Waals surface area contributed by atoms with Gasteiger partial charge in [0.15, 0.2) is 18.2 Å². The van der Waals surface area contributed by atoms with Gasteiger partial charge < -0.3 is 20.1 Å². The first-order valence-corrected chi connectivity index (χ1v) is 10.2. The predicted octanol–water partition coefficient (Wildman–Crippen LogP) is 0.699. The van der Waals surface area contributed by atoms with Crippen molar-refractivity contribution in [2.24, 2.45) is 9.98 Å². The summed E-state index contributed by atoms with van der Waals surface area (Å²) in [6.07, 6.45) is 2.80. The summed E-state index contributed by atoms with van der Waals surface area (Å²) in [5, 5.41) is 44.6. The van der Waals surface area contributed by atoms with Gasteiger partial charge in [0, 0.05) is 12.6 Å². The van der Waals surface area contributed by atoms with Crippen molar-refractivity contribution in [2.75, 3.05) is 13.2 Å². The van der Waals surface area contributed by atoms with E-state index in [9.17, 15) is 19.0 Å². The Hall–Kier alpha value is -2.67. The number of aromatic nitrogens is 3. The number of halogens is 2. The van der Waals surface area contributed by atoms with Crippen LogP contribution in [-0.2, 0) is 4.74 Å². The molecule has 1 aromatic heterocycles. The molecule has 1 aromatic rings. The number of aliphatic hydroxyl groups excluding tert-OH is 3. The molecule has 0 aliphatic heterocycles. The van der Waals surface area contributed by atoms with Crippen molar-refractivity contribution < 1.29 is 28.8 Å². The molecular weight excluding hydrogens is 426 g/mol. The maximum atomic E-state index is 13.4. The maximum Gasteiger partial charge on any atom is 0.182 e. The summed E-state index contributed by atoms with van der Waals surface area (Å²) in [5.74, 6) is 0.118. The lowest BCUT2D eigenvalue weighted by atomic mass is 10.0. The van der Waals surface area contributed by atoms with Crippen LogP contribution in [0.2, 0.25) is 0 Å². The monoisotopic (exact) mass is 452 g/mol. The minimum Gasteiger partial charge on any atom is -0.394 e. The summed E-state index contributed by atoms with van der Waals surface area (Å²) in [4.78, 5) is 8.08. The summed E-state index contributed by atoms with van der Waals surface area (Å²) >= 11 is 0. The van der Waals surface area contributed by atoms with Crippen molar-refractivity contribution in [1.29, 1.82) is 5.41 Å². The van der Waals surface area contributed by atoms with E-state index in [0.29, 0.717) is 18.4 Å². The van der Waals surface area contributed by atoms with Gasteiger partial charge in [-0.2, -0.15) is 0 Å². The number of aliphatic imine (C=N–C) groups is 2. The number of rotatable bonds is 9. The normalized spacial score (nSPS) is 30.8. The van der Waals surface area contributed by atoms with E-state index in [1.807, 2.05) is 0 Å². The van der Waals surface area contributed by atoms with Crippen LogP contribution in [0.15, 0.2) is 40.0 Å². The van der Waals surface area contributed by atoms with Gasteiger partial charge in [0.2, 0.25) is 0 Å². The molecule has 3 rings (SSSR count). The zero-order valence-corrected chi connectivity index (χ0v) is 17.2. The van der Waals surface area contributed by atoms with Crippen LogP contribution < -0.4 is 0 Å². The third-order valence-corrected chi connectivity index (χ3v) is 5.24. The van der Waals surface area contributed by atoms with E-state index in [1.54, 1.807) is 6.08 Å². The Morgan fingerprint density at radius 3 is 2.84 bits per heavy atom. The molecule has 2 aliphatic carbocycles. The summed E-state index contributed by atoms with van der Waals surface area (Å²) < 4.78 is 33.3. The number of aliphatic hydroxyl groups is 3. The number of allylic oxidation sites excluding steroid dienone is 4. The molecule has 174 valence electrons. The Labute approximate surface area is 183 Å². The predicted molar refractivity (Wildman–Crippen MR) is 113 cm³/mol. The lowest BCUT2D eigenvalue weighted by molar-refractivity contribution is -0.0630. The van der Waals surface area contributed by atoms with E-state index >= 15 is 0 Å². The molecule has 2 aliphatic rings. The van der Waals surface area contributed by atoms with Crippen LogP contribution in [0, 0.1) is 5.41 Å². The maximum absolute atomic E-state index is 13.4. The molecule has 0 radical (unpaired) electrons. The second kappa shape index (κ2) is 11.3. The largest absolute Gasteiger partial charge is 0.394 e. The molecule has 1 heterocycles. The third kappa shape index (κ3) is 5.76. The van der Waals surface area contributed by atoms with Crippen LogP contribution in [0.25, 0.3) is 0 Å². The quantitative estimate of drug-likeness (QED) is 0.320. The number of ether oxygens (including phenoxy) is 1. The number of hydrogen-bond donors (Lipinski definition) is 4. The second-order valence-corrected chi connectivity index (χ2v) is 7.42. The van der Waals surface area contributed by atoms with Gasteiger partial charge in [0.25, 0.3) is 0 Å². The molecule has 1 unspecified atom stereocenters. The first-order valence-electron chi connectivity index (χ1n) is 10.2. The van der Waals surface area contributed by atoms with Gasteiger partial charge in [-0.05, 0) is 30.6 Å². The molecular formula is C20H26F2N6O4. The van der Waals surface area contributed by atoms with Gasteiger partial charge in [-0.15, -0.1) is 5.10 Å². The van der Waals surface area contributed by atoms with Crippen LogP contribution in [0.4, 0.5) is 8.78 Å². The van der Waals surface area contributed by atoms with Gasteiger partial charge in [0.05, 0.1) is 31.6 Å². The molecule has 0 aromatic carbocycles. The molecule has 10 nitrogen and oxygen atoms in total. The van der Waals surface area contributed by atoms with Crippen LogP contribution in [-0.4, -0.2) is 92.6 Å².